The van der Waals surface area contributed by atoms with Gasteiger partial charge in [0, 0.05) is 31.2 Å². The van der Waals surface area contributed by atoms with Crippen molar-refractivity contribution in [2.75, 3.05) is 32.1 Å². The van der Waals surface area contributed by atoms with Crippen LogP contribution in [-0.4, -0.2) is 50.0 Å². The molecule has 2 aromatic rings. The largest absolute Gasteiger partial charge is 0.477 e. The maximum absolute atomic E-state index is 14.0. The van der Waals surface area contributed by atoms with E-state index in [9.17, 15) is 14.0 Å². The lowest BCUT2D eigenvalue weighted by atomic mass is 10.1. The summed E-state index contributed by atoms with van der Waals surface area (Å²) in [5.41, 5.74) is 0.999. The van der Waals surface area contributed by atoms with Gasteiger partial charge in [-0.2, -0.15) is 0 Å². The first-order valence-corrected chi connectivity index (χ1v) is 9.17. The minimum absolute atomic E-state index is 0.0242. The van der Waals surface area contributed by atoms with Gasteiger partial charge >= 0.3 is 0 Å². The zero-order chi connectivity index (χ0) is 20.3. The Morgan fingerprint density at radius 2 is 2.04 bits per heavy atom. The molecule has 1 aliphatic heterocycles. The lowest BCUT2D eigenvalue weighted by Gasteiger charge is -2.35. The van der Waals surface area contributed by atoms with Gasteiger partial charge < -0.3 is 19.9 Å². The van der Waals surface area contributed by atoms with Crippen LogP contribution in [0.2, 0.25) is 5.02 Å². The number of carbonyl (C=O) groups is 2. The molecular weight excluding hydrogens is 385 g/mol. The van der Waals surface area contributed by atoms with E-state index in [-0.39, 0.29) is 42.0 Å². The molecule has 0 radical (unpaired) electrons. The molecule has 0 aliphatic carbocycles. The van der Waals surface area contributed by atoms with E-state index < -0.39 is 11.9 Å². The highest BCUT2D eigenvalue weighted by Gasteiger charge is 2.31. The molecule has 28 heavy (non-hydrogen) atoms. The van der Waals surface area contributed by atoms with Crippen molar-refractivity contribution in [3.05, 3.63) is 58.9 Å². The Bertz CT molecular complexity index is 872. The number of nitrogens with one attached hydrogen (secondary N) is 1. The van der Waals surface area contributed by atoms with Crippen LogP contribution < -0.4 is 15.0 Å². The third-order valence-electron chi connectivity index (χ3n) is 4.61. The van der Waals surface area contributed by atoms with Gasteiger partial charge in [-0.15, -0.1) is 0 Å². The van der Waals surface area contributed by atoms with Crippen molar-refractivity contribution < 1.29 is 18.7 Å². The maximum atomic E-state index is 14.0. The van der Waals surface area contributed by atoms with Crippen LogP contribution in [0.1, 0.15) is 5.56 Å². The fraction of sp³-hybridized carbons (Fsp3) is 0.300. The second-order valence-corrected chi connectivity index (χ2v) is 6.93. The number of halogens is 2. The summed E-state index contributed by atoms with van der Waals surface area (Å²) in [6.07, 6.45) is -0.723. The van der Waals surface area contributed by atoms with Gasteiger partial charge in [0.15, 0.2) is 6.10 Å². The number of nitrogens with zero attached hydrogens (tertiary/aromatic N) is 2. The first-order chi connectivity index (χ1) is 13.4. The predicted octanol–water partition coefficient (Wildman–Crippen LogP) is 2.45. The van der Waals surface area contributed by atoms with Gasteiger partial charge in [-0.25, -0.2) is 4.39 Å². The molecule has 8 heteroatoms. The highest BCUT2D eigenvalue weighted by atomic mass is 35.5. The smallest absolute Gasteiger partial charge is 0.262 e. The Morgan fingerprint density at radius 3 is 2.75 bits per heavy atom. The standard InChI is InChI=1S/C20H21ClFN3O3/c1-23-20(27)18-11-25(16-8-3-4-9-17(16)28-18)12-19(26)24(2)10-13-14(21)6-5-7-15(13)22/h3-9,18H,10-12H2,1-2H3,(H,23,27). The summed E-state index contributed by atoms with van der Waals surface area (Å²) >= 11 is 6.06. The van der Waals surface area contributed by atoms with Crippen molar-refractivity contribution >= 4 is 29.1 Å². The summed E-state index contributed by atoms with van der Waals surface area (Å²) in [6, 6.07) is 11.6. The molecule has 1 aliphatic rings. The monoisotopic (exact) mass is 405 g/mol. The number of likely N-dealkylation sites (N-methyl/N-ethyl adjacent to an activating group) is 2. The SMILES string of the molecule is CNC(=O)C1CN(CC(=O)N(C)Cc2c(F)cccc2Cl)c2ccccc2O1. The molecule has 2 amide bonds. The Kier molecular flexibility index (Phi) is 6.04. The van der Waals surface area contributed by atoms with Gasteiger partial charge in [0.1, 0.15) is 11.6 Å². The van der Waals surface area contributed by atoms with Gasteiger partial charge in [-0.1, -0.05) is 29.8 Å². The number of ether oxygens (including phenoxy) is 1. The van der Waals surface area contributed by atoms with Gasteiger partial charge in [0.05, 0.1) is 18.8 Å². The fourth-order valence-corrected chi connectivity index (χ4v) is 3.27. The van der Waals surface area contributed by atoms with E-state index in [1.807, 2.05) is 12.1 Å². The molecule has 0 saturated heterocycles. The number of anilines is 1. The normalized spacial score (nSPS) is 15.4. The summed E-state index contributed by atoms with van der Waals surface area (Å²) in [4.78, 5) is 28.0. The number of fused-ring (bicyclic) bond motifs is 1. The van der Waals surface area contributed by atoms with Crippen LogP contribution >= 0.6 is 11.6 Å². The van der Waals surface area contributed by atoms with Crippen molar-refractivity contribution in [3.63, 3.8) is 0 Å². The molecule has 0 bridgehead atoms. The van der Waals surface area contributed by atoms with Crippen LogP contribution in [0.5, 0.6) is 5.75 Å². The van der Waals surface area contributed by atoms with Crippen LogP contribution in [0.4, 0.5) is 10.1 Å². The van der Waals surface area contributed by atoms with Crippen molar-refractivity contribution in [2.45, 2.75) is 12.6 Å². The van der Waals surface area contributed by atoms with E-state index in [1.54, 1.807) is 30.1 Å². The van der Waals surface area contributed by atoms with E-state index in [4.69, 9.17) is 16.3 Å². The second-order valence-electron chi connectivity index (χ2n) is 6.52. The van der Waals surface area contributed by atoms with Gasteiger partial charge in [-0.05, 0) is 24.3 Å². The zero-order valence-corrected chi connectivity index (χ0v) is 16.4. The summed E-state index contributed by atoms with van der Waals surface area (Å²) in [6.45, 7) is 0.308. The molecule has 1 heterocycles. The van der Waals surface area contributed by atoms with Crippen molar-refractivity contribution in [3.8, 4) is 5.75 Å². The highest BCUT2D eigenvalue weighted by Crippen LogP contribution is 2.33. The number of hydrogen-bond donors (Lipinski definition) is 1. The lowest BCUT2D eigenvalue weighted by molar-refractivity contribution is -0.130. The molecule has 0 spiro atoms. The highest BCUT2D eigenvalue weighted by molar-refractivity contribution is 6.31. The Balaban J connectivity index is 1.76. The Labute approximate surface area is 167 Å². The quantitative estimate of drug-likeness (QED) is 0.830. The van der Waals surface area contributed by atoms with Crippen LogP contribution in [-0.2, 0) is 16.1 Å². The van der Waals surface area contributed by atoms with Gasteiger partial charge in [-0.3, -0.25) is 9.59 Å². The molecule has 2 aromatic carbocycles. The number of hydrogen-bond acceptors (Lipinski definition) is 4. The van der Waals surface area contributed by atoms with Crippen LogP contribution in [0, 0.1) is 5.82 Å². The molecular formula is C20H21ClFN3O3. The molecule has 0 aromatic heterocycles. The molecule has 148 valence electrons. The number of benzene rings is 2. The molecule has 1 atom stereocenters. The molecule has 6 nitrogen and oxygen atoms in total. The predicted molar refractivity (Wildman–Crippen MR) is 105 cm³/mol. The summed E-state index contributed by atoms with van der Waals surface area (Å²) in [5.74, 6) is -0.413. The van der Waals surface area contributed by atoms with Crippen molar-refractivity contribution in [2.24, 2.45) is 0 Å². The molecule has 3 rings (SSSR count). The third-order valence-corrected chi connectivity index (χ3v) is 4.96. The molecule has 0 saturated carbocycles. The number of amides is 2. The average molecular weight is 406 g/mol. The van der Waals surface area contributed by atoms with Crippen LogP contribution in [0.15, 0.2) is 42.5 Å². The zero-order valence-electron chi connectivity index (χ0n) is 15.6. The van der Waals surface area contributed by atoms with Gasteiger partial charge in [0.2, 0.25) is 5.91 Å². The van der Waals surface area contributed by atoms with E-state index in [1.165, 1.54) is 24.1 Å². The Hall–Kier alpha value is -2.80. The maximum Gasteiger partial charge on any atom is 0.262 e. The van der Waals surface area contributed by atoms with Crippen molar-refractivity contribution in [1.29, 1.82) is 0 Å². The first-order valence-electron chi connectivity index (χ1n) is 8.79. The minimum atomic E-state index is -0.723. The Morgan fingerprint density at radius 1 is 1.29 bits per heavy atom. The van der Waals surface area contributed by atoms with Crippen LogP contribution in [0.25, 0.3) is 0 Å². The summed E-state index contributed by atoms with van der Waals surface area (Å²) in [7, 11) is 3.13. The number of carbonyl (C=O) groups excluding carboxylic acids is 2. The number of rotatable bonds is 5. The summed E-state index contributed by atoms with van der Waals surface area (Å²) < 4.78 is 19.8. The third kappa shape index (κ3) is 4.20. The second kappa shape index (κ2) is 8.48. The first kappa shape index (κ1) is 19.9. The summed E-state index contributed by atoms with van der Waals surface area (Å²) in [5, 5.41) is 2.84. The molecule has 1 N–H and O–H groups in total. The molecule has 1 unspecified atom stereocenters. The minimum Gasteiger partial charge on any atom is -0.477 e. The topological polar surface area (TPSA) is 61.9 Å². The molecule has 0 fully saturated rings. The van der Waals surface area contributed by atoms with E-state index in [0.29, 0.717) is 5.75 Å². The van der Waals surface area contributed by atoms with E-state index >= 15 is 0 Å². The van der Waals surface area contributed by atoms with E-state index in [2.05, 4.69) is 5.32 Å². The number of para-hydroxylation sites is 2. The lowest BCUT2D eigenvalue weighted by Crippen LogP contribution is -2.50. The van der Waals surface area contributed by atoms with Crippen molar-refractivity contribution in [1.82, 2.24) is 10.2 Å². The fourth-order valence-electron chi connectivity index (χ4n) is 3.05. The van der Waals surface area contributed by atoms with Crippen LogP contribution in [0.3, 0.4) is 0 Å². The average Bonchev–Trinajstić information content (AvgIpc) is 2.69. The van der Waals surface area contributed by atoms with E-state index in [0.717, 1.165) is 5.69 Å². The van der Waals surface area contributed by atoms with Gasteiger partial charge in [0.25, 0.3) is 5.91 Å².